The number of carbonyl (C=O) groups is 1. The fourth-order valence-corrected chi connectivity index (χ4v) is 3.50. The van der Waals surface area contributed by atoms with Gasteiger partial charge in [-0.15, -0.1) is 0 Å². The van der Waals surface area contributed by atoms with Crippen molar-refractivity contribution in [3.8, 4) is 0 Å². The van der Waals surface area contributed by atoms with Crippen molar-refractivity contribution in [3.63, 3.8) is 0 Å². The van der Waals surface area contributed by atoms with Gasteiger partial charge in [0.25, 0.3) is 5.91 Å². The molecule has 0 radical (unpaired) electrons. The molecule has 3 aromatic rings. The predicted octanol–water partition coefficient (Wildman–Crippen LogP) is 2.25. The zero-order valence-electron chi connectivity index (χ0n) is 15.7. The fraction of sp³-hybridized carbons (Fsp3) is 0.316. The Bertz CT molecular complexity index is 1040. The van der Waals surface area contributed by atoms with Gasteiger partial charge in [-0.2, -0.15) is 15.0 Å². The summed E-state index contributed by atoms with van der Waals surface area (Å²) in [5, 5.41) is 4.65. The summed E-state index contributed by atoms with van der Waals surface area (Å²) in [5.41, 5.74) is 7.22. The summed E-state index contributed by atoms with van der Waals surface area (Å²) in [4.78, 5) is 31.9. The molecular weight excluding hydrogens is 374 g/mol. The van der Waals surface area contributed by atoms with Gasteiger partial charge >= 0.3 is 0 Å². The molecule has 4 rings (SSSR count). The van der Waals surface area contributed by atoms with Crippen LogP contribution in [0.3, 0.4) is 0 Å². The summed E-state index contributed by atoms with van der Waals surface area (Å²) >= 11 is 1.47. The van der Waals surface area contributed by atoms with Crippen LogP contribution in [0.25, 0.3) is 10.9 Å². The number of hydrogen-bond donors (Lipinski definition) is 2. The zero-order valence-corrected chi connectivity index (χ0v) is 16.5. The summed E-state index contributed by atoms with van der Waals surface area (Å²) in [6.45, 7) is 0. The van der Waals surface area contributed by atoms with Crippen LogP contribution in [0.4, 0.5) is 11.9 Å². The minimum Gasteiger partial charge on any atom is -0.368 e. The first-order valence-corrected chi connectivity index (χ1v) is 9.99. The highest BCUT2D eigenvalue weighted by molar-refractivity contribution is 7.98. The molecule has 0 spiro atoms. The molecule has 0 bridgehead atoms. The number of hydrogen-bond acceptors (Lipinski definition) is 8. The van der Waals surface area contributed by atoms with Gasteiger partial charge in [-0.1, -0.05) is 30.0 Å². The van der Waals surface area contributed by atoms with Crippen LogP contribution < -0.4 is 16.0 Å². The molecule has 0 unspecified atom stereocenters. The van der Waals surface area contributed by atoms with E-state index in [1.807, 2.05) is 44.4 Å². The normalized spacial score (nSPS) is 13.5. The Labute approximate surface area is 167 Å². The number of aromatic nitrogens is 4. The molecule has 1 aromatic carbocycles. The van der Waals surface area contributed by atoms with Gasteiger partial charge in [0.05, 0.1) is 21.9 Å². The van der Waals surface area contributed by atoms with Gasteiger partial charge in [-0.3, -0.25) is 4.79 Å². The standard InChI is InChI=1S/C19H21N7OS/c1-26(2)19-24-15(23-18(20)25-19)10-28-16-9-13(17(27)21-11-7-8-11)12-5-3-4-6-14(12)22-16/h3-6,9,11H,7-8,10H2,1-2H3,(H,21,27)(H2,20,23,24,25). The van der Waals surface area contributed by atoms with E-state index in [0.717, 1.165) is 28.8 Å². The number of para-hydroxylation sites is 1. The van der Waals surface area contributed by atoms with E-state index in [2.05, 4.69) is 25.3 Å². The second-order valence-electron chi connectivity index (χ2n) is 6.87. The number of carbonyl (C=O) groups excluding carboxylic acids is 1. The van der Waals surface area contributed by atoms with E-state index in [4.69, 9.17) is 5.73 Å². The second kappa shape index (κ2) is 7.59. The number of nitrogens with zero attached hydrogens (tertiary/aromatic N) is 5. The number of anilines is 2. The van der Waals surface area contributed by atoms with Crippen molar-refractivity contribution in [1.29, 1.82) is 0 Å². The lowest BCUT2D eigenvalue weighted by Crippen LogP contribution is -2.25. The van der Waals surface area contributed by atoms with E-state index in [0.29, 0.717) is 29.1 Å². The van der Waals surface area contributed by atoms with E-state index >= 15 is 0 Å². The van der Waals surface area contributed by atoms with E-state index in [-0.39, 0.29) is 11.9 Å². The fourth-order valence-electron chi connectivity index (χ4n) is 2.73. The van der Waals surface area contributed by atoms with Crippen molar-refractivity contribution in [2.45, 2.75) is 29.7 Å². The smallest absolute Gasteiger partial charge is 0.252 e. The molecule has 2 heterocycles. The molecule has 2 aromatic heterocycles. The van der Waals surface area contributed by atoms with Crippen LogP contribution in [-0.2, 0) is 5.75 Å². The number of rotatable bonds is 6. The summed E-state index contributed by atoms with van der Waals surface area (Å²) in [5.74, 6) is 1.69. The van der Waals surface area contributed by atoms with E-state index in [9.17, 15) is 4.79 Å². The van der Waals surface area contributed by atoms with Crippen LogP contribution >= 0.6 is 11.8 Å². The number of thioether (sulfide) groups is 1. The van der Waals surface area contributed by atoms with Gasteiger partial charge < -0.3 is 16.0 Å². The topological polar surface area (TPSA) is 110 Å². The highest BCUT2D eigenvalue weighted by atomic mass is 32.2. The van der Waals surface area contributed by atoms with Crippen LogP contribution in [0.5, 0.6) is 0 Å². The highest BCUT2D eigenvalue weighted by Crippen LogP contribution is 2.27. The lowest BCUT2D eigenvalue weighted by atomic mass is 10.1. The monoisotopic (exact) mass is 395 g/mol. The molecule has 1 amide bonds. The van der Waals surface area contributed by atoms with Crippen molar-refractivity contribution in [1.82, 2.24) is 25.3 Å². The quantitative estimate of drug-likeness (QED) is 0.612. The van der Waals surface area contributed by atoms with Crippen molar-refractivity contribution in [2.75, 3.05) is 24.7 Å². The number of amides is 1. The molecule has 0 atom stereocenters. The maximum Gasteiger partial charge on any atom is 0.252 e. The number of nitrogen functional groups attached to an aromatic ring is 1. The second-order valence-corrected chi connectivity index (χ2v) is 7.86. The Hall–Kier alpha value is -2.94. The van der Waals surface area contributed by atoms with Gasteiger partial charge in [0.2, 0.25) is 11.9 Å². The lowest BCUT2D eigenvalue weighted by Gasteiger charge is -2.12. The summed E-state index contributed by atoms with van der Waals surface area (Å²) in [6, 6.07) is 9.81. The molecule has 9 heteroatoms. The Balaban J connectivity index is 1.61. The van der Waals surface area contributed by atoms with Crippen LogP contribution in [-0.4, -0.2) is 46.0 Å². The van der Waals surface area contributed by atoms with E-state index in [1.54, 1.807) is 4.90 Å². The Morgan fingerprint density at radius 3 is 2.75 bits per heavy atom. The van der Waals surface area contributed by atoms with Gasteiger partial charge in [0.1, 0.15) is 5.82 Å². The third kappa shape index (κ3) is 4.14. The van der Waals surface area contributed by atoms with Gasteiger partial charge in [-0.05, 0) is 25.0 Å². The van der Waals surface area contributed by atoms with Crippen molar-refractivity contribution < 1.29 is 4.79 Å². The van der Waals surface area contributed by atoms with Crippen LogP contribution in [0.15, 0.2) is 35.4 Å². The third-order valence-corrected chi connectivity index (χ3v) is 5.19. The Kier molecular flexibility index (Phi) is 4.99. The minimum atomic E-state index is -0.0535. The number of nitrogens with one attached hydrogen (secondary N) is 1. The highest BCUT2D eigenvalue weighted by Gasteiger charge is 2.25. The lowest BCUT2D eigenvalue weighted by molar-refractivity contribution is 0.0952. The van der Waals surface area contributed by atoms with Crippen molar-refractivity contribution >= 4 is 40.5 Å². The molecule has 0 aliphatic heterocycles. The van der Waals surface area contributed by atoms with Crippen LogP contribution in [0.2, 0.25) is 0 Å². The maximum absolute atomic E-state index is 12.7. The molecule has 1 aliphatic rings. The third-order valence-electron chi connectivity index (χ3n) is 4.29. The zero-order chi connectivity index (χ0) is 19.7. The van der Waals surface area contributed by atoms with Crippen LogP contribution in [0.1, 0.15) is 29.0 Å². The first kappa shape index (κ1) is 18.4. The average molecular weight is 395 g/mol. The summed E-state index contributed by atoms with van der Waals surface area (Å²) in [7, 11) is 3.70. The number of fused-ring (bicyclic) bond motifs is 1. The average Bonchev–Trinajstić information content (AvgIpc) is 3.49. The molecular formula is C19H21N7OS. The molecule has 144 valence electrons. The SMILES string of the molecule is CN(C)c1nc(N)nc(CSc2cc(C(=O)NC3CC3)c3ccccc3n2)n1. The van der Waals surface area contributed by atoms with E-state index in [1.165, 1.54) is 11.8 Å². The van der Waals surface area contributed by atoms with Gasteiger partial charge in [0.15, 0.2) is 0 Å². The van der Waals surface area contributed by atoms with E-state index < -0.39 is 0 Å². The first-order chi connectivity index (χ1) is 13.5. The summed E-state index contributed by atoms with van der Waals surface area (Å²) < 4.78 is 0. The Morgan fingerprint density at radius 2 is 2.00 bits per heavy atom. The molecule has 28 heavy (non-hydrogen) atoms. The molecule has 1 saturated carbocycles. The number of pyridine rings is 1. The molecule has 3 N–H and O–H groups in total. The molecule has 1 fully saturated rings. The van der Waals surface area contributed by atoms with Gasteiger partial charge in [-0.25, -0.2) is 4.98 Å². The summed E-state index contributed by atoms with van der Waals surface area (Å²) in [6.07, 6.45) is 2.09. The number of nitrogens with two attached hydrogens (primary N) is 1. The van der Waals surface area contributed by atoms with Crippen molar-refractivity contribution in [2.24, 2.45) is 0 Å². The predicted molar refractivity (Wildman–Crippen MR) is 110 cm³/mol. The molecule has 1 aliphatic carbocycles. The first-order valence-electron chi connectivity index (χ1n) is 9.01. The largest absolute Gasteiger partial charge is 0.368 e. The van der Waals surface area contributed by atoms with Gasteiger partial charge in [0, 0.05) is 25.5 Å². The Morgan fingerprint density at radius 1 is 1.21 bits per heavy atom. The molecule has 0 saturated heterocycles. The molecule has 8 nitrogen and oxygen atoms in total. The minimum absolute atomic E-state index is 0.0535. The van der Waals surface area contributed by atoms with Crippen LogP contribution in [0, 0.1) is 0 Å². The maximum atomic E-state index is 12.7. The number of benzene rings is 1. The van der Waals surface area contributed by atoms with Crippen molar-refractivity contribution in [3.05, 3.63) is 41.7 Å².